The van der Waals surface area contributed by atoms with Gasteiger partial charge in [0, 0.05) is 17.8 Å². The van der Waals surface area contributed by atoms with E-state index in [-0.39, 0.29) is 11.7 Å². The first-order valence-corrected chi connectivity index (χ1v) is 6.40. The van der Waals surface area contributed by atoms with Crippen molar-refractivity contribution in [2.45, 2.75) is 33.3 Å². The number of aliphatic hydroxyl groups is 1. The number of aliphatic hydroxyl groups excluding tert-OH is 1. The summed E-state index contributed by atoms with van der Waals surface area (Å²) in [7, 11) is 0. The number of anilines is 1. The minimum absolute atomic E-state index is 0.162. The first-order chi connectivity index (χ1) is 8.91. The third kappa shape index (κ3) is 4.87. The van der Waals surface area contributed by atoms with Crippen LogP contribution in [0.5, 0.6) is 0 Å². The topological polar surface area (TPSA) is 61.4 Å². The maximum absolute atomic E-state index is 13.3. The highest BCUT2D eigenvalue weighted by molar-refractivity contribution is 5.90. The van der Waals surface area contributed by atoms with Crippen LogP contribution < -0.4 is 10.6 Å². The molecule has 0 aliphatic carbocycles. The summed E-state index contributed by atoms with van der Waals surface area (Å²) >= 11 is 0. The molecule has 4 nitrogen and oxygen atoms in total. The van der Waals surface area contributed by atoms with Gasteiger partial charge in [-0.05, 0) is 31.4 Å². The quantitative estimate of drug-likeness (QED) is 0.769. The van der Waals surface area contributed by atoms with Gasteiger partial charge in [0.2, 0.25) is 0 Å². The van der Waals surface area contributed by atoms with Crippen LogP contribution in [0.1, 0.15) is 25.8 Å². The van der Waals surface area contributed by atoms with Crippen LogP contribution in [0, 0.1) is 18.7 Å². The summed E-state index contributed by atoms with van der Waals surface area (Å²) in [5.74, 6) is -0.191. The molecule has 0 saturated carbocycles. The Labute approximate surface area is 113 Å². The van der Waals surface area contributed by atoms with E-state index in [9.17, 15) is 14.3 Å². The fourth-order valence-corrected chi connectivity index (χ4v) is 1.58. The molecule has 0 aliphatic heterocycles. The normalized spacial score (nSPS) is 12.3. The van der Waals surface area contributed by atoms with Crippen molar-refractivity contribution in [2.24, 2.45) is 5.92 Å². The van der Waals surface area contributed by atoms with Gasteiger partial charge in [-0.1, -0.05) is 19.9 Å². The molecule has 0 bridgehead atoms. The summed E-state index contributed by atoms with van der Waals surface area (Å²) in [5, 5.41) is 14.8. The van der Waals surface area contributed by atoms with Gasteiger partial charge in [-0.3, -0.25) is 0 Å². The van der Waals surface area contributed by atoms with E-state index in [1.165, 1.54) is 6.07 Å². The minimum Gasteiger partial charge on any atom is -0.393 e. The molecule has 0 heterocycles. The van der Waals surface area contributed by atoms with Gasteiger partial charge in [-0.2, -0.15) is 0 Å². The second-order valence-electron chi connectivity index (χ2n) is 4.89. The SMILES string of the molecule is Cc1c(F)cccc1NC(=O)NCCC(O)C(C)C. The highest BCUT2D eigenvalue weighted by Gasteiger charge is 2.10. The van der Waals surface area contributed by atoms with E-state index >= 15 is 0 Å². The summed E-state index contributed by atoms with van der Waals surface area (Å²) in [6.07, 6.45) is 0.0592. The highest BCUT2D eigenvalue weighted by atomic mass is 19.1. The number of halogens is 1. The molecule has 0 radical (unpaired) electrons. The number of carbonyl (C=O) groups is 1. The van der Waals surface area contributed by atoms with E-state index in [1.54, 1.807) is 19.1 Å². The average molecular weight is 268 g/mol. The van der Waals surface area contributed by atoms with Crippen LogP contribution in [-0.2, 0) is 0 Å². The zero-order valence-electron chi connectivity index (χ0n) is 11.5. The summed E-state index contributed by atoms with van der Waals surface area (Å²) < 4.78 is 13.3. The lowest BCUT2D eigenvalue weighted by Gasteiger charge is -2.15. The second kappa shape index (κ2) is 7.09. The molecule has 0 aromatic heterocycles. The van der Waals surface area contributed by atoms with Crippen molar-refractivity contribution in [3.63, 3.8) is 0 Å². The maximum atomic E-state index is 13.3. The van der Waals surface area contributed by atoms with Gasteiger partial charge in [0.05, 0.1) is 6.10 Å². The van der Waals surface area contributed by atoms with Crippen LogP contribution in [0.3, 0.4) is 0 Å². The van der Waals surface area contributed by atoms with E-state index in [0.29, 0.717) is 24.2 Å². The average Bonchev–Trinajstić information content (AvgIpc) is 2.34. The summed E-state index contributed by atoms with van der Waals surface area (Å²) in [4.78, 5) is 11.6. The Morgan fingerprint density at radius 1 is 1.42 bits per heavy atom. The van der Waals surface area contributed by atoms with Crippen molar-refractivity contribution in [1.29, 1.82) is 0 Å². The number of amides is 2. The lowest BCUT2D eigenvalue weighted by molar-refractivity contribution is 0.117. The van der Waals surface area contributed by atoms with E-state index in [1.807, 2.05) is 13.8 Å². The maximum Gasteiger partial charge on any atom is 0.319 e. The van der Waals surface area contributed by atoms with E-state index in [4.69, 9.17) is 0 Å². The van der Waals surface area contributed by atoms with E-state index < -0.39 is 12.1 Å². The number of nitrogens with one attached hydrogen (secondary N) is 2. The minimum atomic E-state index is -0.434. The predicted molar refractivity (Wildman–Crippen MR) is 73.6 cm³/mol. The molecule has 0 fully saturated rings. The fourth-order valence-electron chi connectivity index (χ4n) is 1.58. The largest absolute Gasteiger partial charge is 0.393 e. The van der Waals surface area contributed by atoms with Crippen molar-refractivity contribution >= 4 is 11.7 Å². The molecule has 19 heavy (non-hydrogen) atoms. The zero-order valence-corrected chi connectivity index (χ0v) is 11.5. The Hall–Kier alpha value is -1.62. The number of rotatable bonds is 5. The molecule has 0 saturated heterocycles. The monoisotopic (exact) mass is 268 g/mol. The molecule has 106 valence electrons. The molecule has 1 unspecified atom stereocenters. The standard InChI is InChI=1S/C14H21FN2O2/c1-9(2)13(18)7-8-16-14(19)17-12-6-4-5-11(15)10(12)3/h4-6,9,13,18H,7-8H2,1-3H3,(H2,16,17,19). The number of benzene rings is 1. The first kappa shape index (κ1) is 15.4. The van der Waals surface area contributed by atoms with Gasteiger partial charge in [0.1, 0.15) is 5.82 Å². The van der Waals surface area contributed by atoms with Gasteiger partial charge in [0.15, 0.2) is 0 Å². The number of hydrogen-bond acceptors (Lipinski definition) is 2. The van der Waals surface area contributed by atoms with Crippen molar-refractivity contribution in [2.75, 3.05) is 11.9 Å². The Kier molecular flexibility index (Phi) is 5.76. The van der Waals surface area contributed by atoms with Gasteiger partial charge >= 0.3 is 6.03 Å². The summed E-state index contributed by atoms with van der Waals surface area (Å²) in [6.45, 7) is 5.81. The molecule has 1 atom stereocenters. The van der Waals surface area contributed by atoms with Crippen LogP contribution >= 0.6 is 0 Å². The summed E-state index contributed by atoms with van der Waals surface area (Å²) in [5.41, 5.74) is 0.849. The zero-order chi connectivity index (χ0) is 14.4. The Balaban J connectivity index is 2.41. The first-order valence-electron chi connectivity index (χ1n) is 6.40. The molecular formula is C14H21FN2O2. The van der Waals surface area contributed by atoms with Gasteiger partial charge in [-0.25, -0.2) is 9.18 Å². The molecule has 0 spiro atoms. The van der Waals surface area contributed by atoms with Crippen LogP contribution in [0.25, 0.3) is 0 Å². The number of carbonyl (C=O) groups excluding carboxylic acids is 1. The summed E-state index contributed by atoms with van der Waals surface area (Å²) in [6, 6.07) is 4.13. The van der Waals surface area contributed by atoms with Crippen molar-refractivity contribution in [3.05, 3.63) is 29.6 Å². The number of urea groups is 1. The molecule has 1 aromatic rings. The second-order valence-corrected chi connectivity index (χ2v) is 4.89. The molecule has 1 rings (SSSR count). The molecule has 5 heteroatoms. The van der Waals surface area contributed by atoms with Gasteiger partial charge < -0.3 is 15.7 Å². The van der Waals surface area contributed by atoms with Gasteiger partial charge in [-0.15, -0.1) is 0 Å². The molecule has 0 aliphatic rings. The van der Waals surface area contributed by atoms with Crippen LogP contribution in [0.4, 0.5) is 14.9 Å². The predicted octanol–water partition coefficient (Wildman–Crippen LogP) is 2.66. The van der Waals surface area contributed by atoms with E-state index in [2.05, 4.69) is 10.6 Å². The van der Waals surface area contributed by atoms with E-state index in [0.717, 1.165) is 0 Å². The molecule has 2 amide bonds. The van der Waals surface area contributed by atoms with Gasteiger partial charge in [0.25, 0.3) is 0 Å². The van der Waals surface area contributed by atoms with Crippen molar-refractivity contribution < 1.29 is 14.3 Å². The smallest absolute Gasteiger partial charge is 0.319 e. The van der Waals surface area contributed by atoms with Crippen LogP contribution in [-0.4, -0.2) is 23.8 Å². The van der Waals surface area contributed by atoms with Crippen LogP contribution in [0.15, 0.2) is 18.2 Å². The van der Waals surface area contributed by atoms with Crippen molar-refractivity contribution in [3.8, 4) is 0 Å². The lowest BCUT2D eigenvalue weighted by atomic mass is 10.0. The Morgan fingerprint density at radius 2 is 2.11 bits per heavy atom. The highest BCUT2D eigenvalue weighted by Crippen LogP contribution is 2.17. The third-order valence-corrected chi connectivity index (χ3v) is 3.01. The lowest BCUT2D eigenvalue weighted by Crippen LogP contribution is -2.32. The third-order valence-electron chi connectivity index (χ3n) is 3.01. The van der Waals surface area contributed by atoms with Crippen molar-refractivity contribution in [1.82, 2.24) is 5.32 Å². The Morgan fingerprint density at radius 3 is 2.74 bits per heavy atom. The van der Waals surface area contributed by atoms with Crippen LogP contribution in [0.2, 0.25) is 0 Å². The molecular weight excluding hydrogens is 247 g/mol. The fraction of sp³-hybridized carbons (Fsp3) is 0.500. The Bertz CT molecular complexity index is 435. The molecule has 3 N–H and O–H groups in total. The number of hydrogen-bond donors (Lipinski definition) is 3. The molecule has 1 aromatic carbocycles.